The third-order valence-corrected chi connectivity index (χ3v) is 3.69. The fourth-order valence-electron chi connectivity index (χ4n) is 2.56. The van der Waals surface area contributed by atoms with Crippen LogP contribution in [0.15, 0.2) is 24.3 Å². The monoisotopic (exact) mass is 322 g/mol. The molecule has 1 aromatic rings. The van der Waals surface area contributed by atoms with Crippen molar-refractivity contribution in [1.29, 1.82) is 0 Å². The lowest BCUT2D eigenvalue weighted by Gasteiger charge is -2.22. The van der Waals surface area contributed by atoms with E-state index in [0.29, 0.717) is 12.0 Å². The van der Waals surface area contributed by atoms with Crippen molar-refractivity contribution in [3.8, 4) is 0 Å². The molecule has 8 nitrogen and oxygen atoms in total. The van der Waals surface area contributed by atoms with Gasteiger partial charge in [0.05, 0.1) is 18.6 Å². The van der Waals surface area contributed by atoms with E-state index in [0.717, 1.165) is 6.42 Å². The number of carbonyl (C=O) groups excluding carboxylic acids is 2. The molecular formula is C15H18N2O6. The van der Waals surface area contributed by atoms with Crippen LogP contribution in [0.2, 0.25) is 0 Å². The topological polar surface area (TPSA) is 99.0 Å². The summed E-state index contributed by atoms with van der Waals surface area (Å²) in [5.74, 6) is -0.531. The molecule has 1 heterocycles. The Morgan fingerprint density at radius 3 is 2.57 bits per heavy atom. The van der Waals surface area contributed by atoms with E-state index >= 15 is 0 Å². The molecule has 2 rings (SSSR count). The first kappa shape index (κ1) is 16.7. The van der Waals surface area contributed by atoms with E-state index < -0.39 is 29.1 Å². The van der Waals surface area contributed by atoms with Crippen molar-refractivity contribution < 1.29 is 24.0 Å². The Morgan fingerprint density at radius 1 is 1.39 bits per heavy atom. The second kappa shape index (κ2) is 7.08. The SMILES string of the molecule is CCC[C@@H]1OC(=O)N(Cc2ccc([N+](=O)[O-])cc2)[C@H]1C(=O)OC. The number of hydrogen-bond acceptors (Lipinski definition) is 6. The Kier molecular flexibility index (Phi) is 5.15. The number of carbonyl (C=O) groups is 2. The number of nitro groups is 1. The number of nitro benzene ring substituents is 1. The summed E-state index contributed by atoms with van der Waals surface area (Å²) in [6.45, 7) is 2.05. The standard InChI is InChI=1S/C15H18N2O6/c1-3-4-12-13(14(18)22-2)16(15(19)23-12)9-10-5-7-11(8-6-10)17(20)21/h5-8,12-13H,3-4,9H2,1-2H3/t12-,13+/m0/s1. The summed E-state index contributed by atoms with van der Waals surface area (Å²) in [7, 11) is 1.26. The first-order valence-electron chi connectivity index (χ1n) is 7.26. The van der Waals surface area contributed by atoms with Crippen LogP contribution in [0.25, 0.3) is 0 Å². The summed E-state index contributed by atoms with van der Waals surface area (Å²) in [6, 6.07) is 5.00. The van der Waals surface area contributed by atoms with Crippen LogP contribution >= 0.6 is 0 Å². The molecule has 0 radical (unpaired) electrons. The highest BCUT2D eigenvalue weighted by molar-refractivity contribution is 5.85. The number of hydrogen-bond donors (Lipinski definition) is 0. The third kappa shape index (κ3) is 3.58. The maximum atomic E-state index is 12.1. The highest BCUT2D eigenvalue weighted by Crippen LogP contribution is 2.26. The Balaban J connectivity index is 2.19. The summed E-state index contributed by atoms with van der Waals surface area (Å²) in [5.41, 5.74) is 0.629. The largest absolute Gasteiger partial charge is 0.467 e. The van der Waals surface area contributed by atoms with Crippen molar-refractivity contribution in [1.82, 2.24) is 4.90 Å². The van der Waals surface area contributed by atoms with E-state index in [4.69, 9.17) is 9.47 Å². The van der Waals surface area contributed by atoms with Gasteiger partial charge in [-0.25, -0.2) is 9.59 Å². The zero-order valence-corrected chi connectivity index (χ0v) is 12.9. The highest BCUT2D eigenvalue weighted by atomic mass is 16.6. The van der Waals surface area contributed by atoms with Gasteiger partial charge in [0.25, 0.3) is 5.69 Å². The zero-order chi connectivity index (χ0) is 17.0. The van der Waals surface area contributed by atoms with Gasteiger partial charge in [-0.05, 0) is 12.0 Å². The maximum Gasteiger partial charge on any atom is 0.411 e. The summed E-state index contributed by atoms with van der Waals surface area (Å²) in [6.07, 6.45) is 0.189. The van der Waals surface area contributed by atoms with Crippen molar-refractivity contribution in [2.24, 2.45) is 0 Å². The van der Waals surface area contributed by atoms with Crippen LogP contribution in [0.3, 0.4) is 0 Å². The van der Waals surface area contributed by atoms with Crippen molar-refractivity contribution >= 4 is 17.7 Å². The number of ether oxygens (including phenoxy) is 2. The predicted octanol–water partition coefficient (Wildman–Crippen LogP) is 2.26. The first-order valence-corrected chi connectivity index (χ1v) is 7.26. The van der Waals surface area contributed by atoms with E-state index in [1.807, 2.05) is 6.92 Å². The van der Waals surface area contributed by atoms with Crippen molar-refractivity contribution in [3.63, 3.8) is 0 Å². The van der Waals surface area contributed by atoms with Gasteiger partial charge in [0, 0.05) is 12.1 Å². The van der Waals surface area contributed by atoms with Gasteiger partial charge in [-0.3, -0.25) is 15.0 Å². The number of amides is 1. The van der Waals surface area contributed by atoms with Gasteiger partial charge in [0.2, 0.25) is 0 Å². The Labute approximate surface area is 133 Å². The molecule has 1 saturated heterocycles. The molecule has 0 saturated carbocycles. The summed E-state index contributed by atoms with van der Waals surface area (Å²) in [5, 5.41) is 10.7. The molecule has 23 heavy (non-hydrogen) atoms. The lowest BCUT2D eigenvalue weighted by molar-refractivity contribution is -0.384. The van der Waals surface area contributed by atoms with Crippen LogP contribution in [0.4, 0.5) is 10.5 Å². The summed E-state index contributed by atoms with van der Waals surface area (Å²) >= 11 is 0. The Bertz CT molecular complexity index is 600. The van der Waals surface area contributed by atoms with Crippen LogP contribution < -0.4 is 0 Å². The minimum Gasteiger partial charge on any atom is -0.467 e. The van der Waals surface area contributed by atoms with E-state index in [1.165, 1.54) is 24.1 Å². The molecule has 1 aliphatic rings. The number of non-ortho nitro benzene ring substituents is 1. The molecule has 1 aromatic carbocycles. The molecule has 124 valence electrons. The molecule has 1 fully saturated rings. The minimum atomic E-state index is -0.803. The number of rotatable bonds is 6. The predicted molar refractivity (Wildman–Crippen MR) is 79.6 cm³/mol. The maximum absolute atomic E-state index is 12.1. The van der Waals surface area contributed by atoms with Gasteiger partial charge in [0.15, 0.2) is 6.04 Å². The van der Waals surface area contributed by atoms with Gasteiger partial charge >= 0.3 is 12.1 Å². The van der Waals surface area contributed by atoms with Gasteiger partial charge in [-0.15, -0.1) is 0 Å². The van der Waals surface area contributed by atoms with Crippen molar-refractivity contribution in [2.45, 2.75) is 38.5 Å². The molecule has 8 heteroatoms. The molecule has 0 unspecified atom stereocenters. The number of methoxy groups -OCH3 is 1. The third-order valence-electron chi connectivity index (χ3n) is 3.69. The van der Waals surface area contributed by atoms with Gasteiger partial charge < -0.3 is 9.47 Å². The molecule has 2 atom stereocenters. The van der Waals surface area contributed by atoms with E-state index in [-0.39, 0.29) is 12.2 Å². The second-order valence-corrected chi connectivity index (χ2v) is 5.23. The molecule has 0 bridgehead atoms. The van der Waals surface area contributed by atoms with Crippen molar-refractivity contribution in [2.75, 3.05) is 7.11 Å². The first-order chi connectivity index (χ1) is 11.0. The lowest BCUT2D eigenvalue weighted by atomic mass is 10.1. The average molecular weight is 322 g/mol. The second-order valence-electron chi connectivity index (χ2n) is 5.23. The lowest BCUT2D eigenvalue weighted by Crippen LogP contribution is -2.43. The molecule has 0 N–H and O–H groups in total. The van der Waals surface area contributed by atoms with Crippen LogP contribution in [-0.4, -0.2) is 41.1 Å². The van der Waals surface area contributed by atoms with Gasteiger partial charge in [-0.2, -0.15) is 0 Å². The quantitative estimate of drug-likeness (QED) is 0.452. The fourth-order valence-corrected chi connectivity index (χ4v) is 2.56. The zero-order valence-electron chi connectivity index (χ0n) is 12.9. The van der Waals surface area contributed by atoms with Crippen molar-refractivity contribution in [3.05, 3.63) is 39.9 Å². The number of nitrogens with zero attached hydrogens (tertiary/aromatic N) is 2. The number of esters is 1. The molecule has 1 amide bonds. The van der Waals surface area contributed by atoms with Crippen LogP contribution in [0.1, 0.15) is 25.3 Å². The number of benzene rings is 1. The Morgan fingerprint density at radius 2 is 2.04 bits per heavy atom. The van der Waals surface area contributed by atoms with Crippen LogP contribution in [0, 0.1) is 10.1 Å². The smallest absolute Gasteiger partial charge is 0.411 e. The molecule has 0 spiro atoms. The summed E-state index contributed by atoms with van der Waals surface area (Å²) < 4.78 is 10.0. The van der Waals surface area contributed by atoms with Crippen LogP contribution in [-0.2, 0) is 20.8 Å². The van der Waals surface area contributed by atoms with E-state index in [1.54, 1.807) is 12.1 Å². The van der Waals surface area contributed by atoms with Crippen LogP contribution in [0.5, 0.6) is 0 Å². The molecule has 1 aliphatic heterocycles. The average Bonchev–Trinajstić information content (AvgIpc) is 2.83. The molecule has 0 aromatic heterocycles. The molecular weight excluding hydrogens is 304 g/mol. The van der Waals surface area contributed by atoms with E-state index in [2.05, 4.69) is 0 Å². The van der Waals surface area contributed by atoms with Gasteiger partial charge in [0.1, 0.15) is 6.10 Å². The fraction of sp³-hybridized carbons (Fsp3) is 0.467. The minimum absolute atomic E-state index is 0.0360. The number of cyclic esters (lactones) is 1. The van der Waals surface area contributed by atoms with Gasteiger partial charge in [-0.1, -0.05) is 25.5 Å². The van der Waals surface area contributed by atoms with E-state index in [9.17, 15) is 19.7 Å². The molecule has 0 aliphatic carbocycles. The normalized spacial score (nSPS) is 20.3. The Hall–Kier alpha value is -2.64. The highest BCUT2D eigenvalue weighted by Gasteiger charge is 2.46. The summed E-state index contributed by atoms with van der Waals surface area (Å²) in [4.78, 5) is 35.5.